The maximum atomic E-state index is 13.5. The first-order valence-electron chi connectivity index (χ1n) is 49.5. The Labute approximate surface area is 895 Å². The Morgan fingerprint density at radius 2 is 0.973 bits per heavy atom. The molecule has 2 unspecified atom stereocenters. The fourth-order valence-corrected chi connectivity index (χ4v) is 24.4. The van der Waals surface area contributed by atoms with Gasteiger partial charge >= 0.3 is 0 Å². The Morgan fingerprint density at radius 1 is 0.480 bits per heavy atom. The van der Waals surface area contributed by atoms with Gasteiger partial charge in [-0.3, -0.25) is 53.2 Å². The minimum atomic E-state index is -0.930. The number of guanidine groups is 5. The summed E-state index contributed by atoms with van der Waals surface area (Å²) in [5.41, 5.74) is 43.6. The molecule has 36 heteroatoms. The monoisotopic (exact) mass is 2140 g/mol. The lowest BCUT2D eigenvalue weighted by atomic mass is 9.77. The van der Waals surface area contributed by atoms with Crippen LogP contribution in [0.4, 0.5) is 0 Å². The Balaban J connectivity index is 0.000000123. The number of amides is 5. The molecular weight excluding hydrogens is 2020 g/mol. The molecule has 5 aliphatic heterocycles. The van der Waals surface area contributed by atoms with Gasteiger partial charge in [-0.2, -0.15) is 10.4 Å². The highest BCUT2D eigenvalue weighted by atomic mass is 79.9. The number of ether oxygens (including phenoxy) is 1. The summed E-state index contributed by atoms with van der Waals surface area (Å²) in [6.45, 7) is 14.2. The topological polar surface area (TPSA) is 427 Å². The van der Waals surface area contributed by atoms with Gasteiger partial charge in [0, 0.05) is 106 Å². The zero-order valence-corrected chi connectivity index (χ0v) is 90.5. The molecular formula is C114H116BrN25O6S4. The maximum absolute atomic E-state index is 13.5. The highest BCUT2D eigenvalue weighted by molar-refractivity contribution is 9.10. The Hall–Kier alpha value is -15.5. The van der Waals surface area contributed by atoms with Crippen molar-refractivity contribution in [1.82, 2.24) is 69.2 Å². The summed E-state index contributed by atoms with van der Waals surface area (Å²) < 4.78 is 9.97. The van der Waals surface area contributed by atoms with Gasteiger partial charge < -0.3 is 33.4 Å². The van der Waals surface area contributed by atoms with Gasteiger partial charge in [0.2, 0.25) is 23.6 Å². The number of carbonyl (C=O) groups is 5. The lowest BCUT2D eigenvalue weighted by Crippen LogP contribution is -2.54. The van der Waals surface area contributed by atoms with E-state index in [0.29, 0.717) is 47.3 Å². The van der Waals surface area contributed by atoms with E-state index in [0.717, 1.165) is 120 Å². The average Bonchev–Trinajstić information content (AvgIpc) is 1.45. The second-order valence-corrected chi connectivity index (χ2v) is 44.2. The molecule has 6 aromatic carbocycles. The summed E-state index contributed by atoms with van der Waals surface area (Å²) in [6.07, 6.45) is 19.3. The first-order valence-corrected chi connectivity index (χ1v) is 53.8. The number of nitriles is 1. The van der Waals surface area contributed by atoms with Gasteiger partial charge in [0.05, 0.1) is 82.9 Å². The van der Waals surface area contributed by atoms with Crippen LogP contribution in [0.5, 0.6) is 5.75 Å². The maximum Gasteiger partial charge on any atom is 0.262 e. The molecule has 3 saturated carbocycles. The van der Waals surface area contributed by atoms with Crippen molar-refractivity contribution in [2.75, 3.05) is 42.3 Å². The van der Waals surface area contributed by atoms with E-state index in [1.54, 1.807) is 96.5 Å². The van der Waals surface area contributed by atoms with Crippen LogP contribution in [0.2, 0.25) is 0 Å². The number of nitrogens with zero attached hydrogens (tertiary/aromatic N) is 20. The number of carbonyl (C=O) groups excluding carboxylic acids is 5. The van der Waals surface area contributed by atoms with Gasteiger partial charge in [-0.25, -0.2) is 49.6 Å². The van der Waals surface area contributed by atoms with Crippen LogP contribution < -0.4 is 33.4 Å². The number of methoxy groups -OCH3 is 1. The van der Waals surface area contributed by atoms with E-state index in [9.17, 15) is 29.2 Å². The molecule has 3 fully saturated rings. The van der Waals surface area contributed by atoms with Gasteiger partial charge in [0.15, 0.2) is 35.3 Å². The second-order valence-electron chi connectivity index (χ2n) is 39.6. The lowest BCUT2D eigenvalue weighted by molar-refractivity contribution is -0.134. The van der Waals surface area contributed by atoms with E-state index in [-0.39, 0.29) is 59.3 Å². The summed E-state index contributed by atoms with van der Waals surface area (Å²) in [5.74, 6) is 13.9. The van der Waals surface area contributed by atoms with E-state index in [4.69, 9.17) is 53.5 Å². The van der Waals surface area contributed by atoms with E-state index in [1.807, 2.05) is 152 Å². The first-order chi connectivity index (χ1) is 72.0. The number of aromatic nitrogens is 9. The molecule has 5 amide bonds. The predicted octanol–water partition coefficient (Wildman–Crippen LogP) is 18.4. The standard InChI is InChI=1S/C26H22BrN7OS.2C26H25N5OS.C20H27N5O.C16H17N3O2S/c1-26(23-10-18(15-36-23)17-6-3-5-16(9-17)13-28)22(24(35)33(2)25(29)30-26)12-20-14-34(32-31-20)21-8-4-7-19(27)11-21;2*1-4-5-20-13-21(29-15-28-20)19-12-22(33-14-19)26(2)23(24(32)31(3)25(27)30-26)18-10-8-17(9-11-18)16-6-7-16;1-20(11-18(26)24(2)19(21)22-20)16-9-8-15-13-25(23-17(15)10-16)12-14-6-4-3-5-7-14;1-16(14(20)19(2)15(17)18-16)13-8-11(9-22-13)10-5-4-6-12(7-10)21-3/h3-11,14-15,22H,12H2,1-2H3,(H2,29,30);2*8-16,23H,6-7H2,1-3H3,(H2,27,30);8-10,13-14H,3-7,11-12H2,1-2H3,(H2,21,22);4-9H,1-3H3,(H2,17,18)/t22?,26-;23-,26+;23-,26-;20-;/m0010./s1. The molecule has 22 rings (SSSR count). The highest BCUT2D eigenvalue weighted by Gasteiger charge is 2.52. The van der Waals surface area contributed by atoms with E-state index >= 15 is 0 Å². The van der Waals surface area contributed by atoms with Crippen LogP contribution in [0.15, 0.2) is 252 Å². The molecule has 14 aromatic rings. The summed E-state index contributed by atoms with van der Waals surface area (Å²) in [4.78, 5) is 117. The van der Waals surface area contributed by atoms with Gasteiger partial charge in [0.1, 0.15) is 46.4 Å². The molecule has 13 heterocycles. The molecule has 0 spiro atoms. The highest BCUT2D eigenvalue weighted by Crippen LogP contribution is 2.52. The van der Waals surface area contributed by atoms with Crippen molar-refractivity contribution >= 4 is 132 Å². The van der Waals surface area contributed by atoms with Crippen LogP contribution in [-0.2, 0) is 64.6 Å². The number of thiophene rings is 4. The molecule has 31 nitrogen and oxygen atoms in total. The predicted molar refractivity (Wildman–Crippen MR) is 595 cm³/mol. The third-order valence-corrected chi connectivity index (χ3v) is 34.3. The van der Waals surface area contributed by atoms with Crippen molar-refractivity contribution < 1.29 is 28.7 Å². The van der Waals surface area contributed by atoms with Crippen molar-refractivity contribution in [3.8, 4) is 86.0 Å². The fourth-order valence-electron chi connectivity index (χ4n) is 19.9. The third-order valence-electron chi connectivity index (χ3n) is 29.2. The summed E-state index contributed by atoms with van der Waals surface area (Å²) in [6, 6.07) is 60.2. The number of hydrogen-bond donors (Lipinski definition) is 5. The minimum Gasteiger partial charge on any atom is -0.497 e. The zero-order valence-electron chi connectivity index (χ0n) is 85.6. The summed E-state index contributed by atoms with van der Waals surface area (Å²) in [7, 11) is 9.95. The van der Waals surface area contributed by atoms with Gasteiger partial charge in [-0.05, 0) is 262 Å². The Bertz CT molecular complexity index is 7680. The first kappa shape index (κ1) is 104. The minimum absolute atomic E-state index is 0.0112. The van der Waals surface area contributed by atoms with Crippen LogP contribution in [0, 0.1) is 46.8 Å². The zero-order chi connectivity index (χ0) is 106. The van der Waals surface area contributed by atoms with E-state index in [2.05, 4.69) is 170 Å². The largest absolute Gasteiger partial charge is 0.497 e. The molecule has 764 valence electrons. The lowest BCUT2D eigenvalue weighted by Gasteiger charge is -2.40. The molecule has 3 aliphatic carbocycles. The van der Waals surface area contributed by atoms with Crippen molar-refractivity contribution in [2.45, 2.75) is 177 Å². The van der Waals surface area contributed by atoms with Crippen LogP contribution in [0.25, 0.3) is 61.4 Å². The number of fused-ring (bicyclic) bond motifs is 1. The Morgan fingerprint density at radius 3 is 1.50 bits per heavy atom. The molecule has 8 atom stereocenters. The van der Waals surface area contributed by atoms with Crippen molar-refractivity contribution in [3.63, 3.8) is 0 Å². The molecule has 0 bridgehead atoms. The van der Waals surface area contributed by atoms with E-state index in [1.165, 1.54) is 129 Å². The van der Waals surface area contributed by atoms with Crippen LogP contribution in [0.1, 0.15) is 206 Å². The van der Waals surface area contributed by atoms with E-state index < -0.39 is 45.4 Å². The molecule has 150 heavy (non-hydrogen) atoms. The second kappa shape index (κ2) is 43.3. The van der Waals surface area contributed by atoms with Crippen molar-refractivity contribution in [2.24, 2.45) is 65.5 Å². The van der Waals surface area contributed by atoms with Crippen LogP contribution in [-0.4, -0.2) is 171 Å². The third kappa shape index (κ3) is 21.8. The van der Waals surface area contributed by atoms with Gasteiger partial charge in [-0.1, -0.05) is 143 Å². The molecule has 10 N–H and O–H groups in total. The normalized spacial score (nSPS) is 22.1. The molecule has 0 saturated heterocycles. The fraction of sp³-hybridized carbons (Fsp3) is 0.316. The summed E-state index contributed by atoms with van der Waals surface area (Å²) in [5, 5.41) is 31.9. The van der Waals surface area contributed by atoms with Crippen molar-refractivity contribution in [1.29, 1.82) is 5.26 Å². The smallest absolute Gasteiger partial charge is 0.262 e. The van der Waals surface area contributed by atoms with Gasteiger partial charge in [-0.15, -0.1) is 50.4 Å². The molecule has 8 aliphatic rings. The molecule has 8 aromatic heterocycles. The number of likely N-dealkylation sites (N-methyl/N-ethyl adjacent to an activating group) is 3. The number of benzene rings is 6. The Kier molecular flexibility index (Phi) is 30.2. The quantitative estimate of drug-likeness (QED) is 0.0469. The number of aliphatic imine (C=N–C) groups is 5. The van der Waals surface area contributed by atoms with Crippen LogP contribution in [0.3, 0.4) is 0 Å². The number of halogens is 1. The summed E-state index contributed by atoms with van der Waals surface area (Å²) >= 11 is 9.64. The van der Waals surface area contributed by atoms with Crippen molar-refractivity contribution in [3.05, 3.63) is 297 Å². The number of rotatable bonds is 19. The van der Waals surface area contributed by atoms with Gasteiger partial charge in [0.25, 0.3) is 5.91 Å². The van der Waals surface area contributed by atoms with Crippen LogP contribution >= 0.6 is 61.3 Å². The average molecular weight is 2140 g/mol. The SMILES string of the molecule is CC#Cc1cc(-c2csc([C@@]3(C)N=C(N)N(C)C(=O)[C@@H]3c3ccc(C4CC4)cc3)c2)ncn1.CC#Cc1cc(-c2csc([C@@]3(C)N=C(N)N(C)C(=O)[C@H]3c3ccc(C4CC4)cc3)c2)ncn1.CN1C(=O)C(Cc2cn(-c3cccc(Br)c3)nn2)[C@@](C)(c2cc(-c3cccc(C#N)c3)cs2)N=C1N.CN1C(=O)C[C@@](C)(c2ccc3cn(CC4CCCCC4)nc3c2)N=C1N.COc1cccc(-c2csc(C3(C)N=C(N)N(C)C3=O)c2)c1. The number of nitrogens with two attached hydrogens (primary N) is 5. The molecule has 0 radical (unpaired) electrons. The number of hydrogen-bond acceptors (Lipinski definition) is 28.